The summed E-state index contributed by atoms with van der Waals surface area (Å²) in [4.78, 5) is 39.4. The lowest BCUT2D eigenvalue weighted by atomic mass is 9.72. The van der Waals surface area contributed by atoms with E-state index in [2.05, 4.69) is 6.08 Å². The first kappa shape index (κ1) is 19.0. The van der Waals surface area contributed by atoms with Crippen LogP contribution in [-0.2, 0) is 9.59 Å². The van der Waals surface area contributed by atoms with E-state index < -0.39 is 4.92 Å². The second-order valence-corrected chi connectivity index (χ2v) is 9.96. The van der Waals surface area contributed by atoms with E-state index in [9.17, 15) is 19.7 Å². The number of carbonyl (C=O) groups is 2. The van der Waals surface area contributed by atoms with Crippen LogP contribution in [0, 0.1) is 45.6 Å². The van der Waals surface area contributed by atoms with Gasteiger partial charge >= 0.3 is 0 Å². The van der Waals surface area contributed by atoms with E-state index in [1.807, 2.05) is 30.3 Å². The fourth-order valence-corrected chi connectivity index (χ4v) is 7.55. The third-order valence-electron chi connectivity index (χ3n) is 8.60. The van der Waals surface area contributed by atoms with Gasteiger partial charge in [-0.2, -0.15) is 0 Å². The number of para-hydroxylation sites is 1. The highest BCUT2D eigenvalue weighted by Gasteiger charge is 2.69. The number of benzene rings is 2. The van der Waals surface area contributed by atoms with Crippen LogP contribution >= 0.6 is 0 Å². The van der Waals surface area contributed by atoms with Gasteiger partial charge in [0.1, 0.15) is 0 Å². The molecule has 4 aliphatic carbocycles. The number of anilines is 1. The highest BCUT2D eigenvalue weighted by Crippen LogP contribution is 2.70. The summed E-state index contributed by atoms with van der Waals surface area (Å²) in [6.07, 6.45) is 5.63. The van der Waals surface area contributed by atoms with Gasteiger partial charge in [0.2, 0.25) is 11.8 Å². The molecule has 1 heterocycles. The van der Waals surface area contributed by atoms with E-state index in [0.29, 0.717) is 17.5 Å². The Kier molecular flexibility index (Phi) is 3.74. The molecule has 6 nitrogen and oxygen atoms in total. The first-order valence-electron chi connectivity index (χ1n) is 11.7. The maximum absolute atomic E-state index is 13.7. The highest BCUT2D eigenvalue weighted by molar-refractivity contribution is 6.23. The summed E-state index contributed by atoms with van der Waals surface area (Å²) in [6, 6.07) is 15.8. The van der Waals surface area contributed by atoms with Crippen LogP contribution in [0.1, 0.15) is 24.8 Å². The highest BCUT2D eigenvalue weighted by atomic mass is 16.6. The van der Waals surface area contributed by atoms with Crippen molar-refractivity contribution in [2.75, 3.05) is 4.90 Å². The molecule has 2 saturated carbocycles. The fraction of sp³-hybridized carbons (Fsp3) is 0.333. The number of nitro groups is 1. The SMILES string of the molecule is O=C1[C@H]2[C@H]3C(=Cc4ccc([N+](=O)[O-])cc4)[C@@H](C4=C3[C@H]3CC[C@H]4C3)[C@@H]2C(=O)N1c1ccccc1. The Morgan fingerprint density at radius 2 is 1.42 bits per heavy atom. The zero-order chi connectivity index (χ0) is 22.4. The average molecular weight is 438 g/mol. The van der Waals surface area contributed by atoms with Gasteiger partial charge in [-0.3, -0.25) is 19.7 Å². The number of allylic oxidation sites excluding steroid dienone is 3. The maximum atomic E-state index is 13.7. The van der Waals surface area contributed by atoms with Crippen LogP contribution in [0.3, 0.4) is 0 Å². The smallest absolute Gasteiger partial charge is 0.269 e. The van der Waals surface area contributed by atoms with Crippen molar-refractivity contribution in [2.24, 2.45) is 35.5 Å². The van der Waals surface area contributed by atoms with Gasteiger partial charge in [-0.25, -0.2) is 4.90 Å². The molecule has 0 unspecified atom stereocenters. The minimum absolute atomic E-state index is 0.00865. The molecular weight excluding hydrogens is 416 g/mol. The van der Waals surface area contributed by atoms with E-state index in [1.165, 1.54) is 53.0 Å². The van der Waals surface area contributed by atoms with Crippen LogP contribution in [0.15, 0.2) is 71.3 Å². The van der Waals surface area contributed by atoms with E-state index in [4.69, 9.17) is 0 Å². The lowest BCUT2D eigenvalue weighted by Crippen LogP contribution is -2.33. The molecule has 7 rings (SSSR count). The molecule has 0 spiro atoms. The lowest BCUT2D eigenvalue weighted by Gasteiger charge is -2.28. The van der Waals surface area contributed by atoms with Crippen LogP contribution < -0.4 is 4.90 Å². The summed E-state index contributed by atoms with van der Waals surface area (Å²) >= 11 is 0. The number of nitro benzene ring substituents is 1. The molecule has 2 amide bonds. The Bertz CT molecular complexity index is 1250. The molecule has 5 aliphatic rings. The molecule has 2 aromatic rings. The number of fused-ring (bicyclic) bond motifs is 11. The average Bonchev–Trinajstić information content (AvgIpc) is 3.61. The van der Waals surface area contributed by atoms with Gasteiger partial charge in [-0.05, 0) is 60.9 Å². The van der Waals surface area contributed by atoms with Gasteiger partial charge in [-0.1, -0.05) is 41.0 Å². The quantitative estimate of drug-likeness (QED) is 0.227. The molecule has 164 valence electrons. The minimum atomic E-state index is -0.399. The molecule has 0 radical (unpaired) electrons. The molecule has 33 heavy (non-hydrogen) atoms. The number of hydrogen-bond acceptors (Lipinski definition) is 4. The first-order valence-corrected chi connectivity index (χ1v) is 11.7. The Labute approximate surface area is 190 Å². The minimum Gasteiger partial charge on any atom is -0.274 e. The van der Waals surface area contributed by atoms with E-state index >= 15 is 0 Å². The molecule has 6 atom stereocenters. The number of nitrogens with zero attached hydrogens (tertiary/aromatic N) is 2. The van der Waals surface area contributed by atoms with Crippen LogP contribution in [-0.4, -0.2) is 16.7 Å². The molecule has 4 bridgehead atoms. The predicted octanol–water partition coefficient (Wildman–Crippen LogP) is 4.77. The topological polar surface area (TPSA) is 80.5 Å². The fourth-order valence-electron chi connectivity index (χ4n) is 7.55. The molecule has 6 heteroatoms. The third-order valence-corrected chi connectivity index (χ3v) is 8.60. The Morgan fingerprint density at radius 3 is 1.97 bits per heavy atom. The zero-order valence-electron chi connectivity index (χ0n) is 17.9. The van der Waals surface area contributed by atoms with Gasteiger partial charge in [0, 0.05) is 24.0 Å². The number of rotatable bonds is 3. The maximum Gasteiger partial charge on any atom is 0.269 e. The van der Waals surface area contributed by atoms with Crippen LogP contribution in [0.2, 0.25) is 0 Å². The largest absolute Gasteiger partial charge is 0.274 e. The molecule has 1 aliphatic heterocycles. The standard InChI is InChI=1S/C27H22N2O4/c30-26-24-22-19(12-14-6-10-18(11-7-14)29(32)33)23(21-16-9-8-15(13-16)20(21)22)25(24)27(31)28(26)17-4-2-1-3-5-17/h1-7,10-12,15-16,22-25H,8-9,13H2/t15-,16-,22-,23-,24-,25-/m0/s1. The number of imide groups is 1. The van der Waals surface area contributed by atoms with Gasteiger partial charge in [0.25, 0.3) is 5.69 Å². The van der Waals surface area contributed by atoms with Crippen LogP contribution in [0.5, 0.6) is 0 Å². The summed E-state index contributed by atoms with van der Waals surface area (Å²) in [7, 11) is 0. The van der Waals surface area contributed by atoms with Crippen molar-refractivity contribution in [1.82, 2.24) is 0 Å². The van der Waals surface area contributed by atoms with Crippen molar-refractivity contribution >= 4 is 29.3 Å². The zero-order valence-corrected chi connectivity index (χ0v) is 17.9. The number of amides is 2. The second-order valence-electron chi connectivity index (χ2n) is 9.96. The predicted molar refractivity (Wildman–Crippen MR) is 122 cm³/mol. The molecule has 0 aromatic heterocycles. The molecule has 0 N–H and O–H groups in total. The van der Waals surface area contributed by atoms with Gasteiger partial charge < -0.3 is 0 Å². The molecule has 2 aromatic carbocycles. The number of carbonyl (C=O) groups excluding carboxylic acids is 2. The lowest BCUT2D eigenvalue weighted by molar-refractivity contribution is -0.384. The molecule has 1 saturated heterocycles. The van der Waals surface area contributed by atoms with Crippen molar-refractivity contribution < 1.29 is 14.5 Å². The van der Waals surface area contributed by atoms with E-state index in [1.54, 1.807) is 12.1 Å². The van der Waals surface area contributed by atoms with Crippen molar-refractivity contribution in [3.05, 3.63) is 87.0 Å². The van der Waals surface area contributed by atoms with E-state index in [-0.39, 0.29) is 41.2 Å². The van der Waals surface area contributed by atoms with E-state index in [0.717, 1.165) is 5.56 Å². The number of non-ortho nitro benzene ring substituents is 1. The monoisotopic (exact) mass is 438 g/mol. The Hall–Kier alpha value is -3.54. The summed E-state index contributed by atoms with van der Waals surface area (Å²) in [5.41, 5.74) is 5.67. The van der Waals surface area contributed by atoms with Crippen LogP contribution in [0.25, 0.3) is 6.08 Å². The summed E-state index contributed by atoms with van der Waals surface area (Å²) in [6.45, 7) is 0. The molecular formula is C27H22N2O4. The normalized spacial score (nSPS) is 33.2. The van der Waals surface area contributed by atoms with Crippen LogP contribution in [0.4, 0.5) is 11.4 Å². The van der Waals surface area contributed by atoms with Gasteiger partial charge in [-0.15, -0.1) is 0 Å². The van der Waals surface area contributed by atoms with Crippen molar-refractivity contribution in [1.29, 1.82) is 0 Å². The number of hydrogen-bond donors (Lipinski definition) is 0. The van der Waals surface area contributed by atoms with Gasteiger partial charge in [0.15, 0.2) is 0 Å². The summed E-state index contributed by atoms with van der Waals surface area (Å²) < 4.78 is 0. The Morgan fingerprint density at radius 1 is 0.848 bits per heavy atom. The summed E-state index contributed by atoms with van der Waals surface area (Å²) in [5.74, 6) is 0.247. The second kappa shape index (κ2) is 6.50. The van der Waals surface area contributed by atoms with Gasteiger partial charge in [0.05, 0.1) is 22.4 Å². The van der Waals surface area contributed by atoms with Crippen molar-refractivity contribution in [2.45, 2.75) is 19.3 Å². The Balaban J connectivity index is 1.33. The third kappa shape index (κ3) is 2.38. The van der Waals surface area contributed by atoms with Crippen molar-refractivity contribution in [3.8, 4) is 0 Å². The first-order chi connectivity index (χ1) is 16.0. The van der Waals surface area contributed by atoms with Crippen molar-refractivity contribution in [3.63, 3.8) is 0 Å². The summed E-state index contributed by atoms with van der Waals surface area (Å²) in [5, 5.41) is 11.0. The molecule has 3 fully saturated rings.